The van der Waals surface area contributed by atoms with Crippen LogP contribution in [-0.2, 0) is 16.0 Å². The van der Waals surface area contributed by atoms with Crippen LogP contribution in [0.1, 0.15) is 38.2 Å². The first-order valence-corrected chi connectivity index (χ1v) is 13.5. The maximum absolute atomic E-state index is 13.6. The Labute approximate surface area is 223 Å². The molecule has 8 heteroatoms. The van der Waals surface area contributed by atoms with Gasteiger partial charge in [-0.05, 0) is 87.0 Å². The van der Waals surface area contributed by atoms with Crippen LogP contribution in [0.15, 0.2) is 42.5 Å². The van der Waals surface area contributed by atoms with E-state index in [0.29, 0.717) is 48.4 Å². The topological polar surface area (TPSA) is 43.9 Å². The van der Waals surface area contributed by atoms with Crippen molar-refractivity contribution in [2.24, 2.45) is 11.8 Å². The van der Waals surface area contributed by atoms with Crippen molar-refractivity contribution in [1.29, 1.82) is 0 Å². The minimum atomic E-state index is -0.195. The number of carbonyl (C=O) groups is 2. The second-order valence-corrected chi connectivity index (χ2v) is 10.8. The van der Waals surface area contributed by atoms with E-state index >= 15 is 0 Å². The number of carbonyl (C=O) groups excluding carboxylic acids is 2. The molecule has 2 aromatic carbocycles. The molecule has 0 unspecified atom stereocenters. The Bertz CT molecular complexity index is 1050. The second-order valence-electron chi connectivity index (χ2n) is 9.98. The highest BCUT2D eigenvalue weighted by Crippen LogP contribution is 2.30. The highest BCUT2D eigenvalue weighted by Gasteiger charge is 2.31. The zero-order valence-corrected chi connectivity index (χ0v) is 22.3. The summed E-state index contributed by atoms with van der Waals surface area (Å²) < 4.78 is 13.2. The fourth-order valence-electron chi connectivity index (χ4n) is 5.29. The SMILES string of the molecule is CC(=O)N1CCC(C(=O)N(CCN2CCC(Cc3ccc(F)cc3)CC2)c2ccc(Cl)c(Cl)c2)CC1. The molecule has 0 bridgehead atoms. The van der Waals surface area contributed by atoms with Gasteiger partial charge in [-0.25, -0.2) is 4.39 Å². The standard InChI is InChI=1S/C28H34Cl2FN3O2/c1-20(35)33-14-10-23(11-15-33)28(36)34(25-6-7-26(29)27(30)19-25)17-16-32-12-8-22(9-13-32)18-21-2-4-24(31)5-3-21/h2-7,19,22-23H,8-18H2,1H3. The normalized spacial score (nSPS) is 17.8. The Morgan fingerprint density at radius 2 is 1.61 bits per heavy atom. The average Bonchev–Trinajstić information content (AvgIpc) is 2.88. The molecular weight excluding hydrogens is 500 g/mol. The Morgan fingerprint density at radius 1 is 0.944 bits per heavy atom. The van der Waals surface area contributed by atoms with Crippen LogP contribution in [0.2, 0.25) is 10.0 Å². The van der Waals surface area contributed by atoms with E-state index in [0.717, 1.165) is 44.6 Å². The molecule has 2 aliphatic heterocycles. The van der Waals surface area contributed by atoms with E-state index in [1.54, 1.807) is 19.1 Å². The lowest BCUT2D eigenvalue weighted by Crippen LogP contribution is -2.47. The zero-order valence-electron chi connectivity index (χ0n) is 20.8. The molecule has 36 heavy (non-hydrogen) atoms. The van der Waals surface area contributed by atoms with Crippen molar-refractivity contribution in [3.63, 3.8) is 0 Å². The Balaban J connectivity index is 1.36. The highest BCUT2D eigenvalue weighted by atomic mass is 35.5. The van der Waals surface area contributed by atoms with Crippen molar-refractivity contribution >= 4 is 40.7 Å². The fourth-order valence-corrected chi connectivity index (χ4v) is 5.58. The van der Waals surface area contributed by atoms with Gasteiger partial charge in [0.1, 0.15) is 5.82 Å². The van der Waals surface area contributed by atoms with Gasteiger partial charge in [0, 0.05) is 44.7 Å². The van der Waals surface area contributed by atoms with E-state index in [4.69, 9.17) is 23.2 Å². The summed E-state index contributed by atoms with van der Waals surface area (Å²) in [5.41, 5.74) is 1.94. The molecule has 2 amide bonds. The molecule has 0 N–H and O–H groups in total. The van der Waals surface area contributed by atoms with Crippen molar-refractivity contribution in [2.45, 2.75) is 39.0 Å². The van der Waals surface area contributed by atoms with Crippen LogP contribution in [-0.4, -0.2) is 60.9 Å². The molecule has 0 atom stereocenters. The Hall–Kier alpha value is -2.15. The Kier molecular flexibility index (Phi) is 9.26. The quantitative estimate of drug-likeness (QED) is 0.459. The molecule has 0 aromatic heterocycles. The number of hydrogen-bond donors (Lipinski definition) is 0. The maximum Gasteiger partial charge on any atom is 0.230 e. The summed E-state index contributed by atoms with van der Waals surface area (Å²) in [4.78, 5) is 31.4. The van der Waals surface area contributed by atoms with Gasteiger partial charge in [-0.2, -0.15) is 0 Å². The predicted molar refractivity (Wildman–Crippen MR) is 143 cm³/mol. The van der Waals surface area contributed by atoms with Crippen molar-refractivity contribution in [2.75, 3.05) is 44.2 Å². The summed E-state index contributed by atoms with van der Waals surface area (Å²) in [7, 11) is 0. The molecule has 5 nitrogen and oxygen atoms in total. The molecule has 2 aliphatic rings. The van der Waals surface area contributed by atoms with Crippen LogP contribution in [0, 0.1) is 17.7 Å². The van der Waals surface area contributed by atoms with Crippen LogP contribution in [0.4, 0.5) is 10.1 Å². The van der Waals surface area contributed by atoms with Gasteiger partial charge in [0.05, 0.1) is 10.0 Å². The van der Waals surface area contributed by atoms with Crippen LogP contribution in [0.25, 0.3) is 0 Å². The smallest absolute Gasteiger partial charge is 0.230 e. The van der Waals surface area contributed by atoms with Crippen LogP contribution in [0.5, 0.6) is 0 Å². The van der Waals surface area contributed by atoms with E-state index in [-0.39, 0.29) is 23.5 Å². The van der Waals surface area contributed by atoms with E-state index in [1.165, 1.54) is 17.7 Å². The summed E-state index contributed by atoms with van der Waals surface area (Å²) in [5.74, 6) is 0.425. The number of amides is 2. The van der Waals surface area contributed by atoms with Crippen LogP contribution < -0.4 is 4.90 Å². The molecule has 0 radical (unpaired) electrons. The number of piperidine rings is 2. The number of benzene rings is 2. The minimum Gasteiger partial charge on any atom is -0.343 e. The van der Waals surface area contributed by atoms with E-state index in [1.807, 2.05) is 28.0 Å². The van der Waals surface area contributed by atoms with Gasteiger partial charge in [-0.15, -0.1) is 0 Å². The number of rotatable bonds is 7. The number of nitrogens with zero attached hydrogens (tertiary/aromatic N) is 3. The molecule has 4 rings (SSSR count). The van der Waals surface area contributed by atoms with Gasteiger partial charge in [0.25, 0.3) is 0 Å². The van der Waals surface area contributed by atoms with E-state index < -0.39 is 0 Å². The van der Waals surface area contributed by atoms with Gasteiger partial charge in [-0.3, -0.25) is 9.59 Å². The first-order chi connectivity index (χ1) is 17.3. The van der Waals surface area contributed by atoms with Crippen molar-refractivity contribution < 1.29 is 14.0 Å². The molecular formula is C28H34Cl2FN3O2. The maximum atomic E-state index is 13.6. The molecule has 0 saturated carbocycles. The zero-order chi connectivity index (χ0) is 25.7. The lowest BCUT2D eigenvalue weighted by Gasteiger charge is -2.36. The van der Waals surface area contributed by atoms with Crippen LogP contribution >= 0.6 is 23.2 Å². The summed E-state index contributed by atoms with van der Waals surface area (Å²) >= 11 is 12.4. The molecule has 2 heterocycles. The number of halogens is 3. The van der Waals surface area contributed by atoms with Crippen LogP contribution in [0.3, 0.4) is 0 Å². The summed E-state index contributed by atoms with van der Waals surface area (Å²) in [6, 6.07) is 12.2. The van der Waals surface area contributed by atoms with Gasteiger partial charge in [0.15, 0.2) is 0 Å². The fraction of sp³-hybridized carbons (Fsp3) is 0.500. The number of anilines is 1. The molecule has 2 saturated heterocycles. The lowest BCUT2D eigenvalue weighted by molar-refractivity contribution is -0.133. The Morgan fingerprint density at radius 3 is 2.22 bits per heavy atom. The largest absolute Gasteiger partial charge is 0.343 e. The van der Waals surface area contributed by atoms with Gasteiger partial charge >= 0.3 is 0 Å². The first kappa shape index (κ1) is 26.9. The van der Waals surface area contributed by atoms with Gasteiger partial charge in [0.2, 0.25) is 11.8 Å². The third kappa shape index (κ3) is 6.99. The second kappa shape index (κ2) is 12.4. The molecule has 194 valence electrons. The summed E-state index contributed by atoms with van der Waals surface area (Å²) in [6.07, 6.45) is 4.49. The van der Waals surface area contributed by atoms with E-state index in [9.17, 15) is 14.0 Å². The molecule has 0 spiro atoms. The van der Waals surface area contributed by atoms with E-state index in [2.05, 4.69) is 4.90 Å². The monoisotopic (exact) mass is 533 g/mol. The van der Waals surface area contributed by atoms with Gasteiger partial charge in [-0.1, -0.05) is 35.3 Å². The number of likely N-dealkylation sites (tertiary alicyclic amines) is 2. The third-order valence-corrected chi connectivity index (χ3v) is 8.29. The summed E-state index contributed by atoms with van der Waals surface area (Å²) in [6.45, 7) is 6.12. The first-order valence-electron chi connectivity index (χ1n) is 12.8. The van der Waals surface area contributed by atoms with Gasteiger partial charge < -0.3 is 14.7 Å². The average molecular weight is 535 g/mol. The minimum absolute atomic E-state index is 0.0602. The van der Waals surface area contributed by atoms with Crippen molar-refractivity contribution in [3.05, 3.63) is 63.9 Å². The third-order valence-electron chi connectivity index (χ3n) is 7.56. The highest BCUT2D eigenvalue weighted by molar-refractivity contribution is 6.42. The number of hydrogen-bond acceptors (Lipinski definition) is 3. The molecule has 0 aliphatic carbocycles. The molecule has 2 aromatic rings. The lowest BCUT2D eigenvalue weighted by atomic mass is 9.90. The predicted octanol–water partition coefficient (Wildman–Crippen LogP) is 5.68. The van der Waals surface area contributed by atoms with Crippen molar-refractivity contribution in [3.8, 4) is 0 Å². The molecule has 2 fully saturated rings. The van der Waals surface area contributed by atoms with Crippen molar-refractivity contribution in [1.82, 2.24) is 9.80 Å². The summed E-state index contributed by atoms with van der Waals surface area (Å²) in [5, 5.41) is 0.894.